The summed E-state index contributed by atoms with van der Waals surface area (Å²) in [7, 11) is 0. The molecular weight excluding hydrogens is 292 g/mol. The van der Waals surface area contributed by atoms with Crippen LogP contribution >= 0.6 is 11.6 Å². The number of carboxylic acid groups (broad SMARTS) is 1. The molecule has 106 valence electrons. The van der Waals surface area contributed by atoms with Crippen LogP contribution in [0.4, 0.5) is 4.79 Å². The lowest BCUT2D eigenvalue weighted by Crippen LogP contribution is -2.18. The number of halogens is 1. The molecular formula is C16H11ClO4. The minimum atomic E-state index is -1.38. The Morgan fingerprint density at radius 3 is 2.76 bits per heavy atom. The molecule has 2 aromatic rings. The van der Waals surface area contributed by atoms with E-state index >= 15 is 0 Å². The fraction of sp³-hybridized carbons (Fsp3) is 0.0625. The number of ether oxygens (including phenoxy) is 2. The van der Waals surface area contributed by atoms with Gasteiger partial charge in [-0.1, -0.05) is 41.9 Å². The van der Waals surface area contributed by atoms with Gasteiger partial charge in [-0.05, 0) is 24.3 Å². The van der Waals surface area contributed by atoms with Crippen molar-refractivity contribution in [1.29, 1.82) is 0 Å². The van der Waals surface area contributed by atoms with Crippen molar-refractivity contribution in [2.75, 3.05) is 0 Å². The Labute approximate surface area is 126 Å². The van der Waals surface area contributed by atoms with Gasteiger partial charge in [0.2, 0.25) is 0 Å². The van der Waals surface area contributed by atoms with Crippen LogP contribution in [-0.2, 0) is 4.74 Å². The third-order valence-corrected chi connectivity index (χ3v) is 3.31. The van der Waals surface area contributed by atoms with E-state index in [4.69, 9.17) is 26.2 Å². The molecule has 1 aliphatic rings. The molecule has 1 heterocycles. The maximum absolute atomic E-state index is 10.9. The SMILES string of the molecule is O=C(O)OC1=Cc2ccccc2OC1c1cccc(Cl)c1. The maximum Gasteiger partial charge on any atom is 0.511 e. The minimum Gasteiger partial charge on any atom is -0.477 e. The Kier molecular flexibility index (Phi) is 3.54. The van der Waals surface area contributed by atoms with Crippen molar-refractivity contribution in [1.82, 2.24) is 0 Å². The van der Waals surface area contributed by atoms with E-state index in [2.05, 4.69) is 0 Å². The van der Waals surface area contributed by atoms with Crippen LogP contribution in [0.3, 0.4) is 0 Å². The van der Waals surface area contributed by atoms with Gasteiger partial charge in [-0.15, -0.1) is 0 Å². The van der Waals surface area contributed by atoms with Crippen LogP contribution in [0.2, 0.25) is 5.02 Å². The Morgan fingerprint density at radius 2 is 2.00 bits per heavy atom. The molecule has 3 rings (SSSR count). The van der Waals surface area contributed by atoms with Gasteiger partial charge < -0.3 is 14.6 Å². The first kappa shape index (κ1) is 13.5. The molecule has 2 aromatic carbocycles. The molecule has 21 heavy (non-hydrogen) atoms. The number of benzene rings is 2. The predicted octanol–water partition coefficient (Wildman–Crippen LogP) is 4.51. The first-order chi connectivity index (χ1) is 10.1. The van der Waals surface area contributed by atoms with E-state index in [-0.39, 0.29) is 5.76 Å². The quantitative estimate of drug-likeness (QED) is 0.829. The molecule has 0 aromatic heterocycles. The molecule has 0 aliphatic carbocycles. The van der Waals surface area contributed by atoms with Crippen molar-refractivity contribution in [2.24, 2.45) is 0 Å². The summed E-state index contributed by atoms with van der Waals surface area (Å²) in [5.41, 5.74) is 1.50. The van der Waals surface area contributed by atoms with E-state index in [1.165, 1.54) is 0 Å². The topological polar surface area (TPSA) is 55.8 Å². The lowest BCUT2D eigenvalue weighted by molar-refractivity contribution is 0.0900. The van der Waals surface area contributed by atoms with Gasteiger partial charge in [-0.2, -0.15) is 0 Å². The summed E-state index contributed by atoms with van der Waals surface area (Å²) in [5.74, 6) is 0.878. The van der Waals surface area contributed by atoms with E-state index in [9.17, 15) is 4.79 Å². The second kappa shape index (κ2) is 5.50. The highest BCUT2D eigenvalue weighted by molar-refractivity contribution is 6.30. The van der Waals surface area contributed by atoms with Gasteiger partial charge in [0.15, 0.2) is 11.9 Å². The zero-order chi connectivity index (χ0) is 14.8. The lowest BCUT2D eigenvalue weighted by Gasteiger charge is -2.26. The molecule has 0 saturated carbocycles. The van der Waals surface area contributed by atoms with Gasteiger partial charge in [0.25, 0.3) is 0 Å². The number of rotatable bonds is 2. The Bertz CT molecular complexity index is 724. The van der Waals surface area contributed by atoms with Crippen molar-refractivity contribution in [3.8, 4) is 5.75 Å². The molecule has 1 aliphatic heterocycles. The maximum atomic E-state index is 10.9. The van der Waals surface area contributed by atoms with Crippen molar-refractivity contribution in [2.45, 2.75) is 6.10 Å². The largest absolute Gasteiger partial charge is 0.511 e. The summed E-state index contributed by atoms with van der Waals surface area (Å²) in [6.45, 7) is 0. The average Bonchev–Trinajstić information content (AvgIpc) is 2.46. The van der Waals surface area contributed by atoms with Crippen LogP contribution in [0.25, 0.3) is 6.08 Å². The third kappa shape index (κ3) is 2.85. The van der Waals surface area contributed by atoms with Crippen LogP contribution in [0, 0.1) is 0 Å². The Morgan fingerprint density at radius 1 is 1.19 bits per heavy atom. The summed E-state index contributed by atoms with van der Waals surface area (Å²) in [4.78, 5) is 10.9. The second-order valence-corrected chi connectivity index (χ2v) is 4.94. The number of para-hydroxylation sites is 1. The summed E-state index contributed by atoms with van der Waals surface area (Å²) in [5, 5.41) is 9.43. The van der Waals surface area contributed by atoms with Gasteiger partial charge in [0.1, 0.15) is 5.75 Å². The van der Waals surface area contributed by atoms with E-state index in [0.717, 1.165) is 11.1 Å². The molecule has 1 atom stereocenters. The van der Waals surface area contributed by atoms with Gasteiger partial charge in [0, 0.05) is 16.1 Å². The second-order valence-electron chi connectivity index (χ2n) is 4.51. The van der Waals surface area contributed by atoms with Crippen LogP contribution in [0.1, 0.15) is 17.2 Å². The van der Waals surface area contributed by atoms with Crippen LogP contribution in [-0.4, -0.2) is 11.3 Å². The molecule has 0 bridgehead atoms. The van der Waals surface area contributed by atoms with Gasteiger partial charge in [0.05, 0.1) is 0 Å². The molecule has 4 nitrogen and oxygen atoms in total. The number of hydrogen-bond acceptors (Lipinski definition) is 3. The highest BCUT2D eigenvalue weighted by atomic mass is 35.5. The Hall–Kier alpha value is -2.46. The molecule has 0 fully saturated rings. The summed E-state index contributed by atoms with van der Waals surface area (Å²) < 4.78 is 10.7. The average molecular weight is 303 g/mol. The summed E-state index contributed by atoms with van der Waals surface area (Å²) >= 11 is 5.99. The monoisotopic (exact) mass is 302 g/mol. The fourth-order valence-electron chi connectivity index (χ4n) is 2.21. The van der Waals surface area contributed by atoms with Gasteiger partial charge >= 0.3 is 6.16 Å². The normalized spacial score (nSPS) is 16.4. The van der Waals surface area contributed by atoms with E-state index in [1.807, 2.05) is 30.3 Å². The van der Waals surface area contributed by atoms with Crippen molar-refractivity contribution in [3.05, 3.63) is 70.4 Å². The molecule has 1 N–H and O–H groups in total. The van der Waals surface area contributed by atoms with Crippen LogP contribution in [0.5, 0.6) is 5.75 Å². The lowest BCUT2D eigenvalue weighted by atomic mass is 10.0. The van der Waals surface area contributed by atoms with Crippen molar-refractivity contribution in [3.63, 3.8) is 0 Å². The summed E-state index contributed by atoms with van der Waals surface area (Å²) in [6, 6.07) is 14.4. The minimum absolute atomic E-state index is 0.212. The van der Waals surface area contributed by atoms with E-state index in [0.29, 0.717) is 10.8 Å². The number of fused-ring (bicyclic) bond motifs is 1. The van der Waals surface area contributed by atoms with Gasteiger partial charge in [-0.3, -0.25) is 0 Å². The summed E-state index contributed by atoms with van der Waals surface area (Å²) in [6.07, 6.45) is -0.357. The molecule has 5 heteroatoms. The predicted molar refractivity (Wildman–Crippen MR) is 78.3 cm³/mol. The zero-order valence-corrected chi connectivity index (χ0v) is 11.6. The molecule has 0 amide bonds. The van der Waals surface area contributed by atoms with E-state index < -0.39 is 12.3 Å². The molecule has 0 radical (unpaired) electrons. The zero-order valence-electron chi connectivity index (χ0n) is 10.8. The van der Waals surface area contributed by atoms with Crippen LogP contribution < -0.4 is 4.74 Å². The first-order valence-electron chi connectivity index (χ1n) is 6.27. The standard InChI is InChI=1S/C16H11ClO4/c17-12-6-3-5-11(8-12)15-14(21-16(18)19)9-10-4-1-2-7-13(10)20-15/h1-9,15H,(H,18,19). The third-order valence-electron chi connectivity index (χ3n) is 3.08. The van der Waals surface area contributed by atoms with E-state index in [1.54, 1.807) is 24.3 Å². The van der Waals surface area contributed by atoms with Crippen LogP contribution in [0.15, 0.2) is 54.3 Å². The van der Waals surface area contributed by atoms with Crippen molar-refractivity contribution < 1.29 is 19.4 Å². The molecule has 0 spiro atoms. The molecule has 0 saturated heterocycles. The fourth-order valence-corrected chi connectivity index (χ4v) is 2.41. The first-order valence-corrected chi connectivity index (χ1v) is 6.65. The highest BCUT2D eigenvalue weighted by Gasteiger charge is 2.27. The molecule has 1 unspecified atom stereocenters. The Balaban J connectivity index is 2.05. The highest BCUT2D eigenvalue weighted by Crippen LogP contribution is 2.38. The number of carbonyl (C=O) groups is 1. The van der Waals surface area contributed by atoms with Gasteiger partial charge in [-0.25, -0.2) is 4.79 Å². The smallest absolute Gasteiger partial charge is 0.477 e. The van der Waals surface area contributed by atoms with Crippen molar-refractivity contribution >= 4 is 23.8 Å². The number of hydrogen-bond donors (Lipinski definition) is 1.